The van der Waals surface area contributed by atoms with Crippen molar-refractivity contribution in [2.75, 3.05) is 0 Å². The van der Waals surface area contributed by atoms with Crippen LogP contribution in [0.15, 0.2) is 182 Å². The second kappa shape index (κ2) is 11.9. The first-order valence-corrected chi connectivity index (χ1v) is 18.1. The van der Waals surface area contributed by atoms with Gasteiger partial charge in [0.25, 0.3) is 0 Å². The summed E-state index contributed by atoms with van der Waals surface area (Å²) in [7, 11) is -3.07. The molecule has 0 unspecified atom stereocenters. The first-order chi connectivity index (χ1) is 24.2. The summed E-state index contributed by atoms with van der Waals surface area (Å²) in [6, 6.07) is 57.1. The molecular weight excluding hydrogens is 617 g/mol. The molecule has 232 valence electrons. The predicted molar refractivity (Wildman–Crippen MR) is 204 cm³/mol. The molecule has 5 heteroatoms. The lowest BCUT2D eigenvalue weighted by atomic mass is 9.98. The molecule has 0 aliphatic rings. The molecule has 9 aromatic rings. The fourth-order valence-corrected chi connectivity index (χ4v) is 9.51. The Labute approximate surface area is 284 Å². The van der Waals surface area contributed by atoms with Gasteiger partial charge in [0.2, 0.25) is 0 Å². The molecule has 0 radical (unpaired) electrons. The quantitative estimate of drug-likeness (QED) is 0.133. The lowest BCUT2D eigenvalue weighted by molar-refractivity contribution is 0.592. The zero-order valence-electron chi connectivity index (χ0n) is 26.5. The Morgan fingerprint density at radius 1 is 0.469 bits per heavy atom. The average Bonchev–Trinajstić information content (AvgIpc) is 3.63. The summed E-state index contributed by atoms with van der Waals surface area (Å²) in [6.45, 7) is 0. The van der Waals surface area contributed by atoms with Crippen molar-refractivity contribution in [2.24, 2.45) is 0 Å². The largest absolute Gasteiger partial charge is 0.309 e. The van der Waals surface area contributed by atoms with Crippen molar-refractivity contribution >= 4 is 50.4 Å². The highest BCUT2D eigenvalue weighted by Crippen LogP contribution is 2.43. The van der Waals surface area contributed by atoms with Gasteiger partial charge in [0.05, 0.1) is 16.9 Å². The van der Waals surface area contributed by atoms with Gasteiger partial charge in [0, 0.05) is 55.6 Å². The van der Waals surface area contributed by atoms with E-state index in [9.17, 15) is 4.57 Å². The van der Waals surface area contributed by atoms with Gasteiger partial charge < -0.3 is 8.97 Å². The van der Waals surface area contributed by atoms with E-state index in [2.05, 4.69) is 89.6 Å². The molecule has 49 heavy (non-hydrogen) atoms. The van der Waals surface area contributed by atoms with Crippen molar-refractivity contribution in [3.05, 3.63) is 182 Å². The molecule has 0 aliphatic heterocycles. The highest BCUT2D eigenvalue weighted by molar-refractivity contribution is 7.85. The summed E-state index contributed by atoms with van der Waals surface area (Å²) in [5, 5.41) is 5.60. The van der Waals surface area contributed by atoms with Gasteiger partial charge in [0.1, 0.15) is 5.65 Å². The van der Waals surface area contributed by atoms with Gasteiger partial charge in [-0.2, -0.15) is 0 Å². The number of hydrogen-bond acceptors (Lipinski definition) is 3. The number of rotatable bonds is 6. The standard InChI is InChI=1S/C44H30N3OP/c48-49(35-17-9-3-10-18-35,36-19-11-4-12-20-36)37-24-21-31(22-25-37)34-23-26-40-39(29-34)42-38(43(45-40)33-15-7-2-8-16-33)27-28-47-30-41(46-44(42)47)32-13-5-1-6-14-32/h1-30H. The molecule has 0 bridgehead atoms. The van der Waals surface area contributed by atoms with E-state index in [0.717, 1.165) is 76.9 Å². The van der Waals surface area contributed by atoms with Crippen LogP contribution in [0.2, 0.25) is 0 Å². The van der Waals surface area contributed by atoms with E-state index < -0.39 is 7.14 Å². The summed E-state index contributed by atoms with van der Waals surface area (Å²) < 4.78 is 17.1. The second-order valence-corrected chi connectivity index (χ2v) is 15.0. The van der Waals surface area contributed by atoms with Gasteiger partial charge >= 0.3 is 0 Å². The Morgan fingerprint density at radius 2 is 1.02 bits per heavy atom. The number of pyridine rings is 2. The minimum Gasteiger partial charge on any atom is -0.309 e. The molecule has 0 spiro atoms. The van der Waals surface area contributed by atoms with Gasteiger partial charge in [-0.05, 0) is 29.3 Å². The first kappa shape index (κ1) is 29.1. The summed E-state index contributed by atoms with van der Waals surface area (Å²) in [6.07, 6.45) is 4.18. The van der Waals surface area contributed by atoms with E-state index in [0.29, 0.717) is 0 Å². The Kier molecular flexibility index (Phi) is 7.04. The molecule has 3 heterocycles. The molecule has 3 aromatic heterocycles. The highest BCUT2D eigenvalue weighted by Gasteiger charge is 2.29. The monoisotopic (exact) mass is 647 g/mol. The third-order valence-electron chi connectivity index (χ3n) is 9.30. The van der Waals surface area contributed by atoms with Crippen molar-refractivity contribution < 1.29 is 4.57 Å². The molecule has 0 saturated heterocycles. The minimum atomic E-state index is -3.07. The number of fused-ring (bicyclic) bond motifs is 5. The third kappa shape index (κ3) is 4.97. The van der Waals surface area contributed by atoms with Crippen LogP contribution in [0.1, 0.15) is 0 Å². The van der Waals surface area contributed by atoms with Gasteiger partial charge in [-0.25, -0.2) is 9.97 Å². The highest BCUT2D eigenvalue weighted by atomic mass is 31.2. The summed E-state index contributed by atoms with van der Waals surface area (Å²) in [5.74, 6) is 0. The lowest BCUT2D eigenvalue weighted by Crippen LogP contribution is -2.24. The smallest absolute Gasteiger partial charge is 0.171 e. The number of hydrogen-bond donors (Lipinski definition) is 0. The number of aromatic nitrogens is 3. The van der Waals surface area contributed by atoms with Crippen LogP contribution in [0, 0.1) is 0 Å². The van der Waals surface area contributed by atoms with Crippen LogP contribution >= 0.6 is 7.14 Å². The molecular formula is C44H30N3OP. The molecule has 0 aliphatic carbocycles. The van der Waals surface area contributed by atoms with Gasteiger partial charge in [-0.3, -0.25) is 0 Å². The van der Waals surface area contributed by atoms with E-state index in [-0.39, 0.29) is 0 Å². The topological polar surface area (TPSA) is 47.3 Å². The molecule has 9 rings (SSSR count). The van der Waals surface area contributed by atoms with Crippen LogP contribution in [-0.2, 0) is 4.57 Å². The number of nitrogens with zero attached hydrogens (tertiary/aromatic N) is 3. The summed E-state index contributed by atoms with van der Waals surface area (Å²) in [4.78, 5) is 10.4. The van der Waals surface area contributed by atoms with E-state index >= 15 is 0 Å². The maximum atomic E-state index is 14.9. The van der Waals surface area contributed by atoms with Crippen LogP contribution < -0.4 is 15.9 Å². The normalized spacial score (nSPS) is 11.8. The molecule has 0 N–H and O–H groups in total. The summed E-state index contributed by atoms with van der Waals surface area (Å²) >= 11 is 0. The minimum absolute atomic E-state index is 0.807. The van der Waals surface area contributed by atoms with Crippen molar-refractivity contribution in [2.45, 2.75) is 0 Å². The maximum Gasteiger partial charge on any atom is 0.171 e. The predicted octanol–water partition coefficient (Wildman–Crippen LogP) is 9.68. The van der Waals surface area contributed by atoms with Gasteiger partial charge in [-0.1, -0.05) is 152 Å². The first-order valence-electron chi connectivity index (χ1n) is 16.4. The lowest BCUT2D eigenvalue weighted by Gasteiger charge is -2.20. The van der Waals surface area contributed by atoms with E-state index in [1.54, 1.807) is 0 Å². The van der Waals surface area contributed by atoms with Crippen molar-refractivity contribution in [1.29, 1.82) is 0 Å². The van der Waals surface area contributed by atoms with Gasteiger partial charge in [-0.15, -0.1) is 0 Å². The zero-order valence-corrected chi connectivity index (χ0v) is 27.4. The van der Waals surface area contributed by atoms with E-state index in [1.807, 2.05) is 97.1 Å². The number of benzene rings is 6. The van der Waals surface area contributed by atoms with Gasteiger partial charge in [0.15, 0.2) is 7.14 Å². The molecule has 0 fully saturated rings. The molecule has 6 aromatic carbocycles. The summed E-state index contributed by atoms with van der Waals surface area (Å²) in [5.41, 5.74) is 7.89. The third-order valence-corrected chi connectivity index (χ3v) is 12.4. The van der Waals surface area contributed by atoms with Crippen LogP contribution in [0.25, 0.3) is 61.0 Å². The Bertz CT molecular complexity index is 2610. The molecule has 4 nitrogen and oxygen atoms in total. The van der Waals surface area contributed by atoms with Crippen LogP contribution in [0.5, 0.6) is 0 Å². The molecule has 0 saturated carbocycles. The number of imidazole rings is 1. The van der Waals surface area contributed by atoms with E-state index in [1.165, 1.54) is 0 Å². The Morgan fingerprint density at radius 3 is 1.65 bits per heavy atom. The van der Waals surface area contributed by atoms with Crippen molar-refractivity contribution in [1.82, 2.24) is 14.4 Å². The molecule has 0 atom stereocenters. The van der Waals surface area contributed by atoms with Crippen LogP contribution in [0.3, 0.4) is 0 Å². The molecule has 0 amide bonds. The fraction of sp³-hybridized carbons (Fsp3) is 0. The SMILES string of the molecule is O=P(c1ccccc1)(c1ccccc1)c1ccc(-c2ccc3nc(-c4ccccc4)c4ccn5cc(-c6ccccc6)nc5c4c3c2)cc1. The van der Waals surface area contributed by atoms with E-state index in [4.69, 9.17) is 9.97 Å². The Hall–Kier alpha value is -6.09. The van der Waals surface area contributed by atoms with Crippen molar-refractivity contribution in [3.63, 3.8) is 0 Å². The maximum absolute atomic E-state index is 14.9. The Balaban J connectivity index is 1.23. The van der Waals surface area contributed by atoms with Crippen molar-refractivity contribution in [3.8, 4) is 33.6 Å². The zero-order chi connectivity index (χ0) is 32.8. The average molecular weight is 648 g/mol. The van der Waals surface area contributed by atoms with Crippen LogP contribution in [-0.4, -0.2) is 14.4 Å². The van der Waals surface area contributed by atoms with Crippen LogP contribution in [0.4, 0.5) is 0 Å². The fourth-order valence-electron chi connectivity index (χ4n) is 6.86. The second-order valence-electron chi connectivity index (χ2n) is 12.2.